The first-order valence-corrected chi connectivity index (χ1v) is 5.42. The molecule has 16 heavy (non-hydrogen) atoms. The van der Waals surface area contributed by atoms with E-state index in [0.29, 0.717) is 26.4 Å². The Morgan fingerprint density at radius 2 is 2.00 bits per heavy atom. The second-order valence-corrected chi connectivity index (χ2v) is 3.20. The van der Waals surface area contributed by atoms with Crippen LogP contribution >= 0.6 is 0 Å². The predicted octanol–water partition coefficient (Wildman–Crippen LogP) is 1.75. The number of benzene rings is 1. The summed E-state index contributed by atoms with van der Waals surface area (Å²) < 4.78 is 10.4. The van der Waals surface area contributed by atoms with Gasteiger partial charge in [-0.3, -0.25) is 4.84 Å². The van der Waals surface area contributed by atoms with Gasteiger partial charge in [-0.05, 0) is 13.0 Å². The fourth-order valence-corrected chi connectivity index (χ4v) is 1.27. The summed E-state index contributed by atoms with van der Waals surface area (Å²) in [5.41, 5.74) is 3.96. The van der Waals surface area contributed by atoms with E-state index >= 15 is 0 Å². The van der Waals surface area contributed by atoms with Crippen LogP contribution in [0.4, 0.5) is 0 Å². The van der Waals surface area contributed by atoms with Crippen molar-refractivity contribution in [1.82, 2.24) is 5.48 Å². The number of hydrogen-bond donors (Lipinski definition) is 1. The van der Waals surface area contributed by atoms with Gasteiger partial charge in [0.05, 0.1) is 19.8 Å². The summed E-state index contributed by atoms with van der Waals surface area (Å²) in [4.78, 5) is 5.18. The van der Waals surface area contributed by atoms with E-state index in [2.05, 4.69) is 5.48 Å². The van der Waals surface area contributed by atoms with Gasteiger partial charge in [0, 0.05) is 19.2 Å². The maximum Gasteiger partial charge on any atom is 0.123 e. The van der Waals surface area contributed by atoms with Crippen molar-refractivity contribution in [3.8, 4) is 5.75 Å². The molecule has 0 aliphatic heterocycles. The van der Waals surface area contributed by atoms with Gasteiger partial charge in [-0.25, -0.2) is 0 Å². The molecule has 1 aromatic carbocycles. The Morgan fingerprint density at radius 1 is 1.19 bits per heavy atom. The Labute approximate surface area is 96.5 Å². The van der Waals surface area contributed by atoms with E-state index in [1.54, 1.807) is 7.11 Å². The summed E-state index contributed by atoms with van der Waals surface area (Å²) in [5, 5.41) is 0. The van der Waals surface area contributed by atoms with Crippen LogP contribution in [0.15, 0.2) is 24.3 Å². The van der Waals surface area contributed by atoms with Crippen LogP contribution in [0, 0.1) is 0 Å². The van der Waals surface area contributed by atoms with E-state index < -0.39 is 0 Å². The summed E-state index contributed by atoms with van der Waals surface area (Å²) in [6.07, 6.45) is 0. The zero-order valence-corrected chi connectivity index (χ0v) is 9.86. The number of rotatable bonds is 8. The van der Waals surface area contributed by atoms with Crippen molar-refractivity contribution in [2.24, 2.45) is 0 Å². The molecule has 1 aromatic rings. The van der Waals surface area contributed by atoms with Crippen molar-refractivity contribution in [1.29, 1.82) is 0 Å². The minimum atomic E-state index is 0.535. The molecular formula is C12H19NO3. The van der Waals surface area contributed by atoms with E-state index in [1.807, 2.05) is 31.2 Å². The second kappa shape index (κ2) is 8.10. The molecule has 0 radical (unpaired) electrons. The minimum absolute atomic E-state index is 0.535. The standard InChI is InChI=1S/C12H19NO3/c1-3-15-12-7-5-4-6-11(12)10-13-16-9-8-14-2/h4-7,13H,3,8-10H2,1-2H3. The summed E-state index contributed by atoms with van der Waals surface area (Å²) in [5.74, 6) is 0.896. The lowest BCUT2D eigenvalue weighted by Crippen LogP contribution is -2.17. The van der Waals surface area contributed by atoms with Gasteiger partial charge in [0.25, 0.3) is 0 Å². The number of hydrogen-bond acceptors (Lipinski definition) is 4. The molecule has 90 valence electrons. The Balaban J connectivity index is 2.34. The molecular weight excluding hydrogens is 206 g/mol. The predicted molar refractivity (Wildman–Crippen MR) is 62.3 cm³/mol. The highest BCUT2D eigenvalue weighted by Gasteiger charge is 2.01. The first-order chi connectivity index (χ1) is 7.88. The molecule has 0 heterocycles. The average molecular weight is 225 g/mol. The normalized spacial score (nSPS) is 10.4. The fourth-order valence-electron chi connectivity index (χ4n) is 1.27. The van der Waals surface area contributed by atoms with E-state index in [-0.39, 0.29) is 0 Å². The van der Waals surface area contributed by atoms with Crippen molar-refractivity contribution in [3.63, 3.8) is 0 Å². The summed E-state index contributed by atoms with van der Waals surface area (Å²) >= 11 is 0. The van der Waals surface area contributed by atoms with Crippen LogP contribution in [0.2, 0.25) is 0 Å². The largest absolute Gasteiger partial charge is 0.494 e. The molecule has 0 saturated heterocycles. The number of ether oxygens (including phenoxy) is 2. The third-order valence-corrected chi connectivity index (χ3v) is 2.03. The van der Waals surface area contributed by atoms with Crippen molar-refractivity contribution in [2.75, 3.05) is 26.9 Å². The summed E-state index contributed by atoms with van der Waals surface area (Å²) in [6, 6.07) is 7.91. The SMILES string of the molecule is CCOc1ccccc1CNOCCOC. The molecule has 0 unspecified atom stereocenters. The van der Waals surface area contributed by atoms with Gasteiger partial charge in [0.15, 0.2) is 0 Å². The van der Waals surface area contributed by atoms with E-state index in [9.17, 15) is 0 Å². The van der Waals surface area contributed by atoms with Crippen LogP contribution in [0.5, 0.6) is 5.75 Å². The van der Waals surface area contributed by atoms with E-state index in [1.165, 1.54) is 0 Å². The van der Waals surface area contributed by atoms with Gasteiger partial charge < -0.3 is 9.47 Å². The van der Waals surface area contributed by atoms with Crippen LogP contribution < -0.4 is 10.2 Å². The van der Waals surface area contributed by atoms with Crippen LogP contribution in [-0.4, -0.2) is 26.9 Å². The maximum absolute atomic E-state index is 5.49. The Morgan fingerprint density at radius 3 is 2.75 bits per heavy atom. The first kappa shape index (κ1) is 13.0. The highest BCUT2D eigenvalue weighted by atomic mass is 16.7. The summed E-state index contributed by atoms with van der Waals surface area (Å²) in [6.45, 7) is 4.38. The van der Waals surface area contributed by atoms with Crippen molar-refractivity contribution < 1.29 is 14.3 Å². The van der Waals surface area contributed by atoms with Crippen molar-refractivity contribution in [2.45, 2.75) is 13.5 Å². The van der Waals surface area contributed by atoms with E-state index in [0.717, 1.165) is 11.3 Å². The monoisotopic (exact) mass is 225 g/mol. The topological polar surface area (TPSA) is 39.7 Å². The average Bonchev–Trinajstić information content (AvgIpc) is 2.31. The van der Waals surface area contributed by atoms with Gasteiger partial charge in [-0.1, -0.05) is 18.2 Å². The molecule has 0 amide bonds. The minimum Gasteiger partial charge on any atom is -0.494 e. The lowest BCUT2D eigenvalue weighted by atomic mass is 10.2. The van der Waals surface area contributed by atoms with E-state index in [4.69, 9.17) is 14.3 Å². The quantitative estimate of drug-likeness (QED) is 0.540. The lowest BCUT2D eigenvalue weighted by Gasteiger charge is -2.10. The van der Waals surface area contributed by atoms with Gasteiger partial charge in [-0.2, -0.15) is 5.48 Å². The first-order valence-electron chi connectivity index (χ1n) is 5.42. The number of nitrogens with one attached hydrogen (secondary N) is 1. The third kappa shape index (κ3) is 4.61. The number of methoxy groups -OCH3 is 1. The highest BCUT2D eigenvalue weighted by Crippen LogP contribution is 2.17. The van der Waals surface area contributed by atoms with Gasteiger partial charge >= 0.3 is 0 Å². The fraction of sp³-hybridized carbons (Fsp3) is 0.500. The molecule has 1 N–H and O–H groups in total. The molecule has 4 heteroatoms. The second-order valence-electron chi connectivity index (χ2n) is 3.20. The molecule has 0 bridgehead atoms. The van der Waals surface area contributed by atoms with Crippen LogP contribution in [0.25, 0.3) is 0 Å². The molecule has 4 nitrogen and oxygen atoms in total. The van der Waals surface area contributed by atoms with Gasteiger partial charge in [0.2, 0.25) is 0 Å². The number of para-hydroxylation sites is 1. The molecule has 0 aromatic heterocycles. The molecule has 0 atom stereocenters. The zero-order valence-electron chi connectivity index (χ0n) is 9.86. The van der Waals surface area contributed by atoms with Crippen molar-refractivity contribution >= 4 is 0 Å². The van der Waals surface area contributed by atoms with Crippen molar-refractivity contribution in [3.05, 3.63) is 29.8 Å². The Hall–Kier alpha value is -1.10. The lowest BCUT2D eigenvalue weighted by molar-refractivity contribution is 0.00317. The van der Waals surface area contributed by atoms with Crippen LogP contribution in [-0.2, 0) is 16.1 Å². The smallest absolute Gasteiger partial charge is 0.123 e. The molecule has 0 fully saturated rings. The Kier molecular flexibility index (Phi) is 6.56. The molecule has 0 saturated carbocycles. The summed E-state index contributed by atoms with van der Waals surface area (Å²) in [7, 11) is 1.65. The molecule has 0 aliphatic carbocycles. The highest BCUT2D eigenvalue weighted by molar-refractivity contribution is 5.32. The van der Waals surface area contributed by atoms with Crippen LogP contribution in [0.3, 0.4) is 0 Å². The van der Waals surface area contributed by atoms with Gasteiger partial charge in [0.1, 0.15) is 5.75 Å². The third-order valence-electron chi connectivity index (χ3n) is 2.03. The molecule has 0 aliphatic rings. The Bertz CT molecular complexity index is 291. The molecule has 0 spiro atoms. The maximum atomic E-state index is 5.49. The van der Waals surface area contributed by atoms with Crippen LogP contribution in [0.1, 0.15) is 12.5 Å². The van der Waals surface area contributed by atoms with Gasteiger partial charge in [-0.15, -0.1) is 0 Å². The number of hydroxylamine groups is 1. The molecule has 1 rings (SSSR count). The zero-order chi connectivity index (χ0) is 11.6.